The van der Waals surface area contributed by atoms with E-state index in [0.29, 0.717) is 12.6 Å². The van der Waals surface area contributed by atoms with Gasteiger partial charge in [0.05, 0.1) is 12.3 Å². The normalized spacial score (nSPS) is 16.8. The van der Waals surface area contributed by atoms with Crippen LogP contribution in [0.5, 0.6) is 0 Å². The molecule has 1 atom stereocenters. The summed E-state index contributed by atoms with van der Waals surface area (Å²) in [6, 6.07) is 11.9. The van der Waals surface area contributed by atoms with E-state index >= 15 is 0 Å². The zero-order valence-electron chi connectivity index (χ0n) is 16.0. The van der Waals surface area contributed by atoms with E-state index in [1.165, 1.54) is 16.8 Å². The van der Waals surface area contributed by atoms with E-state index in [4.69, 9.17) is 4.74 Å². The van der Waals surface area contributed by atoms with Crippen LogP contribution in [-0.4, -0.2) is 41.0 Å². The molecule has 2 aromatic carbocycles. The Hall–Kier alpha value is -2.57. The number of nitrogens with zero attached hydrogens (tertiary/aromatic N) is 3. The molecular formula is C22H23F2N3O. The molecule has 1 aliphatic heterocycles. The third-order valence-corrected chi connectivity index (χ3v) is 5.30. The molecule has 0 radical (unpaired) electrons. The van der Waals surface area contributed by atoms with Crippen LogP contribution in [0.15, 0.2) is 48.7 Å². The highest BCUT2D eigenvalue weighted by molar-refractivity contribution is 5.66. The van der Waals surface area contributed by atoms with Crippen LogP contribution in [0.1, 0.15) is 17.5 Å². The summed E-state index contributed by atoms with van der Waals surface area (Å²) >= 11 is 0. The smallest absolute Gasteiger partial charge is 0.151 e. The molecule has 28 heavy (non-hydrogen) atoms. The molecule has 1 aliphatic rings. The zero-order valence-corrected chi connectivity index (χ0v) is 16.0. The second-order valence-corrected chi connectivity index (χ2v) is 7.29. The Balaban J connectivity index is 1.76. The van der Waals surface area contributed by atoms with E-state index in [1.54, 1.807) is 0 Å². The first-order chi connectivity index (χ1) is 13.5. The van der Waals surface area contributed by atoms with Gasteiger partial charge in [-0.1, -0.05) is 24.3 Å². The number of benzene rings is 2. The highest BCUT2D eigenvalue weighted by atomic mass is 19.1. The molecule has 4 nitrogen and oxygen atoms in total. The maximum atomic E-state index is 14.3. The summed E-state index contributed by atoms with van der Waals surface area (Å²) < 4.78 is 34.7. The monoisotopic (exact) mass is 383 g/mol. The Morgan fingerprint density at radius 3 is 2.75 bits per heavy atom. The number of hydrogen-bond donors (Lipinski definition) is 0. The molecule has 0 N–H and O–H groups in total. The predicted octanol–water partition coefficient (Wildman–Crippen LogP) is 4.35. The molecule has 146 valence electrons. The van der Waals surface area contributed by atoms with Gasteiger partial charge in [0.1, 0.15) is 11.5 Å². The minimum atomic E-state index is -0.636. The first kappa shape index (κ1) is 18.8. The van der Waals surface area contributed by atoms with Crippen LogP contribution in [0.3, 0.4) is 0 Å². The second kappa shape index (κ2) is 7.81. The lowest BCUT2D eigenvalue weighted by Gasteiger charge is -2.22. The van der Waals surface area contributed by atoms with E-state index in [2.05, 4.69) is 17.0 Å². The van der Waals surface area contributed by atoms with Crippen molar-refractivity contribution in [3.8, 4) is 16.9 Å². The quantitative estimate of drug-likeness (QED) is 0.656. The number of aromatic nitrogens is 2. The molecule has 0 bridgehead atoms. The summed E-state index contributed by atoms with van der Waals surface area (Å²) in [5.41, 5.74) is 4.14. The summed E-state index contributed by atoms with van der Waals surface area (Å²) in [5.74, 6) is -1.24. The molecule has 1 fully saturated rings. The fraction of sp³-hybridized carbons (Fsp3) is 0.318. The maximum Gasteiger partial charge on any atom is 0.151 e. The fourth-order valence-electron chi connectivity index (χ4n) is 3.65. The van der Waals surface area contributed by atoms with Crippen molar-refractivity contribution in [1.29, 1.82) is 0 Å². The van der Waals surface area contributed by atoms with Crippen molar-refractivity contribution in [2.75, 3.05) is 20.3 Å². The van der Waals surface area contributed by atoms with E-state index in [9.17, 15) is 8.78 Å². The first-order valence-corrected chi connectivity index (χ1v) is 9.41. The third-order valence-electron chi connectivity index (χ3n) is 5.30. The number of rotatable bonds is 5. The third kappa shape index (κ3) is 3.70. The maximum absolute atomic E-state index is 14.3. The number of hydrogen-bond acceptors (Lipinski definition) is 3. The Morgan fingerprint density at radius 1 is 1.21 bits per heavy atom. The molecule has 1 saturated heterocycles. The average Bonchev–Trinajstić information content (AvgIpc) is 3.32. The van der Waals surface area contributed by atoms with Crippen molar-refractivity contribution in [3.05, 3.63) is 71.4 Å². The van der Waals surface area contributed by atoms with Gasteiger partial charge in [-0.15, -0.1) is 0 Å². The van der Waals surface area contributed by atoms with Crippen LogP contribution in [0.2, 0.25) is 0 Å². The van der Waals surface area contributed by atoms with E-state index in [1.807, 2.05) is 37.4 Å². The SMILES string of the molecule is Cc1ccccc1-c1nn(-c2ccc(F)cc2F)cc1CN(C)[C@H]1CCOC1. The summed E-state index contributed by atoms with van der Waals surface area (Å²) in [6.45, 7) is 4.20. The van der Waals surface area contributed by atoms with Gasteiger partial charge in [0.2, 0.25) is 0 Å². The van der Waals surface area contributed by atoms with Crippen LogP contribution < -0.4 is 0 Å². The van der Waals surface area contributed by atoms with Crippen molar-refractivity contribution in [1.82, 2.24) is 14.7 Å². The van der Waals surface area contributed by atoms with Crippen LogP contribution >= 0.6 is 0 Å². The van der Waals surface area contributed by atoms with E-state index in [-0.39, 0.29) is 5.69 Å². The van der Waals surface area contributed by atoms with Gasteiger partial charge in [-0.05, 0) is 38.1 Å². The largest absolute Gasteiger partial charge is 0.380 e. The Bertz CT molecular complexity index is 980. The van der Waals surface area contributed by atoms with Gasteiger partial charge >= 0.3 is 0 Å². The Morgan fingerprint density at radius 2 is 2.04 bits per heavy atom. The molecule has 3 aromatic rings. The number of likely N-dealkylation sites (N-methyl/N-ethyl adjacent to an activating group) is 1. The van der Waals surface area contributed by atoms with Crippen molar-refractivity contribution in [2.24, 2.45) is 0 Å². The van der Waals surface area contributed by atoms with E-state index < -0.39 is 11.6 Å². The summed E-state index contributed by atoms with van der Waals surface area (Å²) in [7, 11) is 2.07. The second-order valence-electron chi connectivity index (χ2n) is 7.29. The molecule has 1 aromatic heterocycles. The lowest BCUT2D eigenvalue weighted by atomic mass is 10.0. The van der Waals surface area contributed by atoms with Crippen molar-refractivity contribution < 1.29 is 13.5 Å². The van der Waals surface area contributed by atoms with Crippen LogP contribution in [0.4, 0.5) is 8.78 Å². The molecule has 2 heterocycles. The van der Waals surface area contributed by atoms with Crippen molar-refractivity contribution >= 4 is 0 Å². The minimum Gasteiger partial charge on any atom is -0.380 e. The average molecular weight is 383 g/mol. The van der Waals surface area contributed by atoms with Crippen molar-refractivity contribution in [2.45, 2.75) is 25.9 Å². The van der Waals surface area contributed by atoms with Crippen LogP contribution in [0, 0.1) is 18.6 Å². The summed E-state index contributed by atoms with van der Waals surface area (Å²) in [4.78, 5) is 2.25. The minimum absolute atomic E-state index is 0.231. The van der Waals surface area contributed by atoms with Gasteiger partial charge < -0.3 is 4.74 Å². The summed E-state index contributed by atoms with van der Waals surface area (Å²) in [6.07, 6.45) is 2.83. The fourth-order valence-corrected chi connectivity index (χ4v) is 3.65. The number of halogens is 2. The van der Waals surface area contributed by atoms with Crippen molar-refractivity contribution in [3.63, 3.8) is 0 Å². The van der Waals surface area contributed by atoms with Crippen LogP contribution in [0.25, 0.3) is 16.9 Å². The van der Waals surface area contributed by atoms with Gasteiger partial charge in [0.15, 0.2) is 5.82 Å². The molecule has 0 spiro atoms. The molecule has 4 rings (SSSR count). The molecule has 0 aliphatic carbocycles. The number of aryl methyl sites for hydroxylation is 1. The van der Waals surface area contributed by atoms with Crippen LogP contribution in [-0.2, 0) is 11.3 Å². The molecule has 0 unspecified atom stereocenters. The first-order valence-electron chi connectivity index (χ1n) is 9.41. The van der Waals surface area contributed by atoms with E-state index in [0.717, 1.165) is 48.1 Å². The van der Waals surface area contributed by atoms with Gasteiger partial charge in [0.25, 0.3) is 0 Å². The molecule has 0 saturated carbocycles. The van der Waals surface area contributed by atoms with Gasteiger partial charge in [-0.2, -0.15) is 5.10 Å². The topological polar surface area (TPSA) is 30.3 Å². The van der Waals surface area contributed by atoms with Gasteiger partial charge in [-0.25, -0.2) is 13.5 Å². The highest BCUT2D eigenvalue weighted by Gasteiger charge is 2.23. The molecule has 0 amide bonds. The summed E-state index contributed by atoms with van der Waals surface area (Å²) in [5, 5.41) is 4.68. The standard InChI is InChI=1S/C22H23F2N3O/c1-15-5-3-4-6-19(15)22-16(12-26(2)18-9-10-28-14-18)13-27(25-22)21-8-7-17(23)11-20(21)24/h3-8,11,13,18H,9-10,12,14H2,1-2H3/t18-/m0/s1. The number of ether oxygens (including phenoxy) is 1. The Kier molecular flexibility index (Phi) is 5.24. The lowest BCUT2D eigenvalue weighted by molar-refractivity contribution is 0.156. The Labute approximate surface area is 163 Å². The van der Waals surface area contributed by atoms with Gasteiger partial charge in [-0.3, -0.25) is 4.90 Å². The zero-order chi connectivity index (χ0) is 19.7. The highest BCUT2D eigenvalue weighted by Crippen LogP contribution is 2.29. The predicted molar refractivity (Wildman–Crippen MR) is 104 cm³/mol. The molecular weight excluding hydrogens is 360 g/mol. The van der Waals surface area contributed by atoms with Gasteiger partial charge in [0, 0.05) is 42.6 Å². The lowest BCUT2D eigenvalue weighted by Crippen LogP contribution is -2.31. The molecule has 6 heteroatoms.